The first kappa shape index (κ1) is 17.5. The Morgan fingerprint density at radius 1 is 1.33 bits per heavy atom. The predicted octanol–water partition coefficient (Wildman–Crippen LogP) is 1.93. The highest BCUT2D eigenvalue weighted by Gasteiger charge is 2.31. The van der Waals surface area contributed by atoms with E-state index in [2.05, 4.69) is 15.4 Å². The van der Waals surface area contributed by atoms with Crippen LogP contribution in [0.2, 0.25) is 0 Å². The SMILES string of the molecule is Cl.O=C(Nc1ccc(OC(F)(F)F)cc1)C1CNCCO1. The number of nitrogens with one attached hydrogen (secondary N) is 2. The molecule has 1 fully saturated rings. The average molecular weight is 327 g/mol. The number of carbonyl (C=O) groups excluding carboxylic acids is 1. The minimum Gasteiger partial charge on any atom is -0.406 e. The van der Waals surface area contributed by atoms with Gasteiger partial charge in [0.1, 0.15) is 11.9 Å². The molecule has 9 heteroatoms. The number of benzene rings is 1. The fourth-order valence-electron chi connectivity index (χ4n) is 1.70. The molecule has 0 aliphatic carbocycles. The topological polar surface area (TPSA) is 59.6 Å². The summed E-state index contributed by atoms with van der Waals surface area (Å²) in [7, 11) is 0. The molecule has 1 atom stereocenters. The minimum absolute atomic E-state index is 0. The highest BCUT2D eigenvalue weighted by Crippen LogP contribution is 2.24. The number of hydrogen-bond donors (Lipinski definition) is 2. The Bertz CT molecular complexity index is 462. The van der Waals surface area contributed by atoms with E-state index in [1.54, 1.807) is 0 Å². The van der Waals surface area contributed by atoms with Crippen LogP contribution < -0.4 is 15.4 Å². The number of amides is 1. The molecule has 118 valence electrons. The lowest BCUT2D eigenvalue weighted by molar-refractivity contribution is -0.274. The van der Waals surface area contributed by atoms with Crippen LogP contribution in [-0.2, 0) is 9.53 Å². The minimum atomic E-state index is -4.73. The highest BCUT2D eigenvalue weighted by molar-refractivity contribution is 5.94. The van der Waals surface area contributed by atoms with Crippen LogP contribution in [0.15, 0.2) is 24.3 Å². The van der Waals surface area contributed by atoms with Crippen LogP contribution in [0.4, 0.5) is 18.9 Å². The van der Waals surface area contributed by atoms with Crippen molar-refractivity contribution in [1.82, 2.24) is 5.32 Å². The Balaban J connectivity index is 0.00000220. The Morgan fingerprint density at radius 2 is 2.00 bits per heavy atom. The molecular weight excluding hydrogens is 313 g/mol. The van der Waals surface area contributed by atoms with Gasteiger partial charge in [0.25, 0.3) is 5.91 Å². The maximum atomic E-state index is 12.0. The van der Waals surface area contributed by atoms with Crippen LogP contribution in [0.3, 0.4) is 0 Å². The number of anilines is 1. The number of morpholine rings is 1. The van der Waals surface area contributed by atoms with Crippen molar-refractivity contribution < 1.29 is 27.4 Å². The van der Waals surface area contributed by atoms with Gasteiger partial charge in [0.05, 0.1) is 6.61 Å². The number of ether oxygens (including phenoxy) is 2. The number of alkyl halides is 3. The van der Waals surface area contributed by atoms with Crippen molar-refractivity contribution in [2.75, 3.05) is 25.0 Å². The van der Waals surface area contributed by atoms with Crippen LogP contribution in [0.25, 0.3) is 0 Å². The van der Waals surface area contributed by atoms with Gasteiger partial charge in [-0.05, 0) is 24.3 Å². The van der Waals surface area contributed by atoms with E-state index in [0.717, 1.165) is 12.1 Å². The first-order valence-electron chi connectivity index (χ1n) is 5.93. The van der Waals surface area contributed by atoms with Crippen molar-refractivity contribution in [3.63, 3.8) is 0 Å². The molecule has 1 aliphatic rings. The van der Waals surface area contributed by atoms with Crippen molar-refractivity contribution in [2.45, 2.75) is 12.5 Å². The van der Waals surface area contributed by atoms with Crippen LogP contribution in [-0.4, -0.2) is 38.1 Å². The van der Waals surface area contributed by atoms with Gasteiger partial charge in [-0.3, -0.25) is 4.79 Å². The van der Waals surface area contributed by atoms with Crippen molar-refractivity contribution >= 4 is 24.0 Å². The van der Waals surface area contributed by atoms with Gasteiger partial charge in [-0.25, -0.2) is 0 Å². The average Bonchev–Trinajstić information content (AvgIpc) is 2.40. The second-order valence-corrected chi connectivity index (χ2v) is 4.12. The van der Waals surface area contributed by atoms with Crippen LogP contribution in [0.1, 0.15) is 0 Å². The number of carbonyl (C=O) groups is 1. The molecule has 1 unspecified atom stereocenters. The zero-order valence-corrected chi connectivity index (χ0v) is 11.6. The first-order chi connectivity index (χ1) is 9.44. The van der Waals surface area contributed by atoms with Gasteiger partial charge >= 0.3 is 6.36 Å². The smallest absolute Gasteiger partial charge is 0.406 e. The van der Waals surface area contributed by atoms with Crippen molar-refractivity contribution in [3.05, 3.63) is 24.3 Å². The Morgan fingerprint density at radius 3 is 2.52 bits per heavy atom. The van der Waals surface area contributed by atoms with Gasteiger partial charge in [-0.2, -0.15) is 0 Å². The van der Waals surface area contributed by atoms with Crippen LogP contribution in [0.5, 0.6) is 5.75 Å². The van der Waals surface area contributed by atoms with E-state index in [1.807, 2.05) is 0 Å². The molecule has 0 aromatic heterocycles. The molecule has 1 heterocycles. The van der Waals surface area contributed by atoms with Gasteiger partial charge in [-0.15, -0.1) is 25.6 Å². The summed E-state index contributed by atoms with van der Waals surface area (Å²) in [6.07, 6.45) is -5.33. The van der Waals surface area contributed by atoms with Crippen LogP contribution >= 0.6 is 12.4 Å². The normalized spacial score (nSPS) is 18.5. The number of hydrogen-bond acceptors (Lipinski definition) is 4. The van der Waals surface area contributed by atoms with E-state index in [1.165, 1.54) is 12.1 Å². The van der Waals surface area contributed by atoms with Gasteiger partial charge in [0, 0.05) is 18.8 Å². The molecule has 1 aromatic carbocycles. The summed E-state index contributed by atoms with van der Waals surface area (Å²) in [5.41, 5.74) is 0.374. The zero-order chi connectivity index (χ0) is 14.6. The largest absolute Gasteiger partial charge is 0.573 e. The lowest BCUT2D eigenvalue weighted by Crippen LogP contribution is -2.45. The van der Waals surface area contributed by atoms with E-state index < -0.39 is 12.5 Å². The summed E-state index contributed by atoms with van der Waals surface area (Å²) >= 11 is 0. The maximum absolute atomic E-state index is 12.0. The molecule has 2 N–H and O–H groups in total. The second-order valence-electron chi connectivity index (χ2n) is 4.12. The first-order valence-corrected chi connectivity index (χ1v) is 5.93. The molecule has 2 rings (SSSR count). The molecule has 1 aliphatic heterocycles. The Labute approximate surface area is 125 Å². The van der Waals surface area contributed by atoms with E-state index in [-0.39, 0.29) is 24.1 Å². The van der Waals surface area contributed by atoms with Crippen molar-refractivity contribution in [2.24, 2.45) is 0 Å². The van der Waals surface area contributed by atoms with E-state index >= 15 is 0 Å². The third kappa shape index (κ3) is 5.78. The van der Waals surface area contributed by atoms with Gasteiger partial charge < -0.3 is 20.1 Å². The molecule has 0 bridgehead atoms. The molecule has 5 nitrogen and oxygen atoms in total. The standard InChI is InChI=1S/C12H13F3N2O3.ClH/c13-12(14,15)20-9-3-1-8(2-4-9)17-11(18)10-7-16-5-6-19-10;/h1-4,10,16H,5-7H2,(H,17,18);1H. The summed E-state index contributed by atoms with van der Waals surface area (Å²) < 4.78 is 44.9. The second kappa shape index (κ2) is 7.48. The van der Waals surface area contributed by atoms with Crippen molar-refractivity contribution in [1.29, 1.82) is 0 Å². The fourth-order valence-corrected chi connectivity index (χ4v) is 1.70. The third-order valence-corrected chi connectivity index (χ3v) is 2.58. The fraction of sp³-hybridized carbons (Fsp3) is 0.417. The summed E-state index contributed by atoms with van der Waals surface area (Å²) in [5.74, 6) is -0.687. The third-order valence-electron chi connectivity index (χ3n) is 2.58. The lowest BCUT2D eigenvalue weighted by atomic mass is 10.2. The summed E-state index contributed by atoms with van der Waals surface area (Å²) in [4.78, 5) is 11.8. The van der Waals surface area contributed by atoms with E-state index in [0.29, 0.717) is 25.4 Å². The van der Waals surface area contributed by atoms with Crippen molar-refractivity contribution in [3.8, 4) is 5.75 Å². The van der Waals surface area contributed by atoms with E-state index in [4.69, 9.17) is 4.74 Å². The van der Waals surface area contributed by atoms with Gasteiger partial charge in [0.2, 0.25) is 0 Å². The maximum Gasteiger partial charge on any atom is 0.573 e. The molecular formula is C12H14ClF3N2O3. The molecule has 1 aromatic rings. The lowest BCUT2D eigenvalue weighted by Gasteiger charge is -2.22. The van der Waals surface area contributed by atoms with E-state index in [9.17, 15) is 18.0 Å². The number of halogens is 4. The zero-order valence-electron chi connectivity index (χ0n) is 10.8. The van der Waals surface area contributed by atoms with Gasteiger partial charge in [0.15, 0.2) is 0 Å². The molecule has 1 saturated heterocycles. The predicted molar refractivity (Wildman–Crippen MR) is 71.6 cm³/mol. The monoisotopic (exact) mass is 326 g/mol. The number of rotatable bonds is 3. The summed E-state index contributed by atoms with van der Waals surface area (Å²) in [6.45, 7) is 1.53. The molecule has 0 spiro atoms. The van der Waals surface area contributed by atoms with Gasteiger partial charge in [-0.1, -0.05) is 0 Å². The molecule has 1 amide bonds. The summed E-state index contributed by atoms with van der Waals surface area (Å²) in [5, 5.41) is 5.57. The van der Waals surface area contributed by atoms with Crippen LogP contribution in [0, 0.1) is 0 Å². The Hall–Kier alpha value is -1.51. The molecule has 0 radical (unpaired) electrons. The molecule has 0 saturated carbocycles. The molecule has 21 heavy (non-hydrogen) atoms. The quantitative estimate of drug-likeness (QED) is 0.891. The Kier molecular flexibility index (Phi) is 6.25. The summed E-state index contributed by atoms with van der Waals surface area (Å²) in [6, 6.07) is 4.91. The highest BCUT2D eigenvalue weighted by atomic mass is 35.5.